The molecule has 1 aliphatic rings. The van der Waals surface area contributed by atoms with Crippen molar-refractivity contribution in [2.75, 3.05) is 0 Å². The van der Waals surface area contributed by atoms with Crippen molar-refractivity contribution >= 4 is 11.8 Å². The SMILES string of the molecule is CC(C)C[C@H](C)C(=O)NC1=CNC(c2cccc(F)c2)NC1=O. The zero-order valence-corrected chi connectivity index (χ0v) is 13.5. The summed E-state index contributed by atoms with van der Waals surface area (Å²) in [6, 6.07) is 5.97. The molecule has 5 nitrogen and oxygen atoms in total. The van der Waals surface area contributed by atoms with Crippen molar-refractivity contribution < 1.29 is 14.0 Å². The number of nitrogens with one attached hydrogen (secondary N) is 3. The number of carbonyl (C=O) groups is 2. The predicted octanol–water partition coefficient (Wildman–Crippen LogP) is 2.18. The smallest absolute Gasteiger partial charge is 0.271 e. The van der Waals surface area contributed by atoms with Crippen molar-refractivity contribution in [1.29, 1.82) is 0 Å². The average molecular weight is 319 g/mol. The second-order valence-corrected chi connectivity index (χ2v) is 6.21. The Morgan fingerprint density at radius 1 is 1.35 bits per heavy atom. The Morgan fingerprint density at radius 2 is 2.09 bits per heavy atom. The van der Waals surface area contributed by atoms with E-state index < -0.39 is 12.1 Å². The van der Waals surface area contributed by atoms with Crippen molar-refractivity contribution in [3.8, 4) is 0 Å². The minimum atomic E-state index is -0.521. The van der Waals surface area contributed by atoms with Gasteiger partial charge in [-0.25, -0.2) is 4.39 Å². The molecule has 0 saturated heterocycles. The van der Waals surface area contributed by atoms with Crippen LogP contribution in [0.1, 0.15) is 38.9 Å². The summed E-state index contributed by atoms with van der Waals surface area (Å²) < 4.78 is 13.2. The molecule has 3 N–H and O–H groups in total. The first-order valence-corrected chi connectivity index (χ1v) is 7.70. The largest absolute Gasteiger partial charge is 0.366 e. The van der Waals surface area contributed by atoms with Gasteiger partial charge in [0.15, 0.2) is 0 Å². The van der Waals surface area contributed by atoms with Gasteiger partial charge in [-0.05, 0) is 30.0 Å². The van der Waals surface area contributed by atoms with E-state index >= 15 is 0 Å². The molecule has 1 aromatic rings. The number of hydrogen-bond donors (Lipinski definition) is 3. The minimum Gasteiger partial charge on any atom is -0.366 e. The molecule has 0 saturated carbocycles. The van der Waals surface area contributed by atoms with Crippen LogP contribution in [0.25, 0.3) is 0 Å². The van der Waals surface area contributed by atoms with Gasteiger partial charge in [0, 0.05) is 12.1 Å². The van der Waals surface area contributed by atoms with Crippen LogP contribution in [0.3, 0.4) is 0 Å². The molecule has 0 bridgehead atoms. The molecule has 1 aromatic carbocycles. The third kappa shape index (κ3) is 4.55. The van der Waals surface area contributed by atoms with E-state index in [4.69, 9.17) is 0 Å². The topological polar surface area (TPSA) is 70.2 Å². The number of hydrogen-bond acceptors (Lipinski definition) is 3. The Labute approximate surface area is 135 Å². The fourth-order valence-corrected chi connectivity index (χ4v) is 2.51. The maximum atomic E-state index is 13.2. The molecule has 23 heavy (non-hydrogen) atoms. The number of rotatable bonds is 5. The van der Waals surface area contributed by atoms with Gasteiger partial charge in [-0.1, -0.05) is 32.9 Å². The summed E-state index contributed by atoms with van der Waals surface area (Å²) in [6.07, 6.45) is 1.68. The normalized spacial score (nSPS) is 18.7. The molecule has 124 valence electrons. The highest BCUT2D eigenvalue weighted by Gasteiger charge is 2.24. The van der Waals surface area contributed by atoms with E-state index in [2.05, 4.69) is 16.0 Å². The summed E-state index contributed by atoms with van der Waals surface area (Å²) in [7, 11) is 0. The zero-order valence-electron chi connectivity index (χ0n) is 13.5. The molecule has 2 atom stereocenters. The maximum Gasteiger partial charge on any atom is 0.271 e. The lowest BCUT2D eigenvalue weighted by molar-refractivity contribution is -0.127. The van der Waals surface area contributed by atoms with Crippen LogP contribution >= 0.6 is 0 Å². The van der Waals surface area contributed by atoms with Crippen LogP contribution in [0.15, 0.2) is 36.2 Å². The molecule has 0 aromatic heterocycles. The Kier molecular flexibility index (Phi) is 5.36. The molecular weight excluding hydrogens is 297 g/mol. The lowest BCUT2D eigenvalue weighted by Crippen LogP contribution is -2.46. The van der Waals surface area contributed by atoms with Gasteiger partial charge in [-0.2, -0.15) is 0 Å². The van der Waals surface area contributed by atoms with E-state index in [0.717, 1.165) is 6.42 Å². The van der Waals surface area contributed by atoms with Gasteiger partial charge >= 0.3 is 0 Å². The van der Waals surface area contributed by atoms with Crippen molar-refractivity contribution in [3.05, 3.63) is 47.5 Å². The van der Waals surface area contributed by atoms with E-state index in [-0.39, 0.29) is 23.3 Å². The molecule has 0 fully saturated rings. The van der Waals surface area contributed by atoms with E-state index in [1.54, 1.807) is 12.1 Å². The van der Waals surface area contributed by atoms with Crippen molar-refractivity contribution in [2.24, 2.45) is 11.8 Å². The maximum absolute atomic E-state index is 13.2. The van der Waals surface area contributed by atoms with Crippen molar-refractivity contribution in [2.45, 2.75) is 33.4 Å². The van der Waals surface area contributed by atoms with Crippen LogP contribution in [-0.4, -0.2) is 11.8 Å². The van der Waals surface area contributed by atoms with Gasteiger partial charge in [-0.3, -0.25) is 9.59 Å². The molecular formula is C17H22FN3O2. The third-order valence-electron chi connectivity index (χ3n) is 3.63. The van der Waals surface area contributed by atoms with Gasteiger partial charge in [0.25, 0.3) is 5.91 Å². The van der Waals surface area contributed by atoms with Gasteiger partial charge in [0.1, 0.15) is 17.7 Å². The van der Waals surface area contributed by atoms with Crippen molar-refractivity contribution in [1.82, 2.24) is 16.0 Å². The van der Waals surface area contributed by atoms with E-state index in [9.17, 15) is 14.0 Å². The highest BCUT2D eigenvalue weighted by molar-refractivity contribution is 5.98. The molecule has 6 heteroatoms. The van der Waals surface area contributed by atoms with E-state index in [1.807, 2.05) is 20.8 Å². The van der Waals surface area contributed by atoms with Crippen LogP contribution in [-0.2, 0) is 9.59 Å². The summed E-state index contributed by atoms with van der Waals surface area (Å²) in [5.74, 6) is -0.733. The first kappa shape index (κ1) is 17.0. The summed E-state index contributed by atoms with van der Waals surface area (Å²) in [5, 5.41) is 8.28. The summed E-state index contributed by atoms with van der Waals surface area (Å²) in [4.78, 5) is 24.2. The first-order chi connectivity index (χ1) is 10.9. The van der Waals surface area contributed by atoms with E-state index in [1.165, 1.54) is 18.3 Å². The summed E-state index contributed by atoms with van der Waals surface area (Å²) in [5.41, 5.74) is 0.770. The van der Waals surface area contributed by atoms with Crippen molar-refractivity contribution in [3.63, 3.8) is 0 Å². The molecule has 2 amide bonds. The minimum absolute atomic E-state index is 0.165. The van der Waals surface area contributed by atoms with Gasteiger partial charge in [-0.15, -0.1) is 0 Å². The van der Waals surface area contributed by atoms with Gasteiger partial charge in [0.05, 0.1) is 0 Å². The van der Waals surface area contributed by atoms with Crippen LogP contribution < -0.4 is 16.0 Å². The monoisotopic (exact) mass is 319 g/mol. The number of amides is 2. The summed E-state index contributed by atoms with van der Waals surface area (Å²) >= 11 is 0. The number of carbonyl (C=O) groups excluding carboxylic acids is 2. The molecule has 1 heterocycles. The van der Waals surface area contributed by atoms with Crippen LogP contribution in [0.5, 0.6) is 0 Å². The molecule has 2 rings (SSSR count). The quantitative estimate of drug-likeness (QED) is 0.779. The number of halogens is 1. The predicted molar refractivity (Wildman–Crippen MR) is 85.3 cm³/mol. The van der Waals surface area contributed by atoms with Gasteiger partial charge in [0.2, 0.25) is 5.91 Å². The Hall–Kier alpha value is -2.37. The highest BCUT2D eigenvalue weighted by atomic mass is 19.1. The standard InChI is InChI=1S/C17H22FN3O2/c1-10(2)7-11(3)16(22)20-14-9-19-15(21-17(14)23)12-5-4-6-13(18)8-12/h4-6,8-11,15,19H,7H2,1-3H3,(H,20,22)(H,21,23)/t11-,15?/m0/s1. The Morgan fingerprint density at radius 3 is 2.70 bits per heavy atom. The molecule has 1 unspecified atom stereocenters. The molecule has 1 aliphatic heterocycles. The summed E-state index contributed by atoms with van der Waals surface area (Å²) in [6.45, 7) is 5.92. The molecule has 0 spiro atoms. The fraction of sp³-hybridized carbons (Fsp3) is 0.412. The fourth-order valence-electron chi connectivity index (χ4n) is 2.51. The Balaban J connectivity index is 2.01. The lowest BCUT2D eigenvalue weighted by atomic mass is 9.98. The number of benzene rings is 1. The Bertz CT molecular complexity index is 628. The van der Waals surface area contributed by atoms with E-state index in [0.29, 0.717) is 11.5 Å². The average Bonchev–Trinajstić information content (AvgIpc) is 2.48. The lowest BCUT2D eigenvalue weighted by Gasteiger charge is -2.26. The second-order valence-electron chi connectivity index (χ2n) is 6.21. The molecule has 0 aliphatic carbocycles. The molecule has 0 radical (unpaired) electrons. The first-order valence-electron chi connectivity index (χ1n) is 7.70. The van der Waals surface area contributed by atoms with Crippen LogP contribution in [0, 0.1) is 17.7 Å². The second kappa shape index (κ2) is 7.26. The van der Waals surface area contributed by atoms with Crippen LogP contribution in [0.2, 0.25) is 0 Å². The highest BCUT2D eigenvalue weighted by Crippen LogP contribution is 2.16. The van der Waals surface area contributed by atoms with Gasteiger partial charge < -0.3 is 16.0 Å². The third-order valence-corrected chi connectivity index (χ3v) is 3.63. The van der Waals surface area contributed by atoms with Crippen LogP contribution in [0.4, 0.5) is 4.39 Å². The zero-order chi connectivity index (χ0) is 17.0.